The number of halogens is 3. The number of pyridine rings is 1. The number of nitrogens with zero attached hydrogens (tertiary/aromatic N) is 4. The lowest BCUT2D eigenvalue weighted by Crippen LogP contribution is -2.42. The first-order valence-electron chi connectivity index (χ1n) is 10.0. The number of carbonyl (C=O) groups is 1. The Morgan fingerprint density at radius 1 is 1.24 bits per heavy atom. The normalized spacial score (nSPS) is 13.9. The van der Waals surface area contributed by atoms with Crippen LogP contribution < -0.4 is 5.73 Å². The van der Waals surface area contributed by atoms with Crippen LogP contribution in [0.1, 0.15) is 40.0 Å². The smallest absolute Gasteiger partial charge is 0.375 e. The van der Waals surface area contributed by atoms with E-state index in [1.807, 2.05) is 31.2 Å². The van der Waals surface area contributed by atoms with Crippen molar-refractivity contribution in [3.8, 4) is 11.1 Å². The van der Waals surface area contributed by atoms with Gasteiger partial charge in [0.25, 0.3) is 5.91 Å². The van der Waals surface area contributed by atoms with Crippen molar-refractivity contribution in [1.82, 2.24) is 20.0 Å². The van der Waals surface area contributed by atoms with E-state index in [0.29, 0.717) is 10.4 Å². The number of aryl methyl sites for hydroxylation is 1. The third-order valence-electron chi connectivity index (χ3n) is 5.47. The number of thiophene rings is 1. The van der Waals surface area contributed by atoms with Crippen LogP contribution in [0.2, 0.25) is 0 Å². The SMILES string of the molecule is CCC(O)(c1cn(Cc2ccc3c(-c4ccc(C)nc4)c(C(N)=O)sc3c2)nn1)C(F)(F)F. The first-order chi connectivity index (χ1) is 15.5. The molecule has 0 saturated carbocycles. The molecule has 1 amide bonds. The summed E-state index contributed by atoms with van der Waals surface area (Å²) >= 11 is 1.24. The third-order valence-corrected chi connectivity index (χ3v) is 6.63. The van der Waals surface area contributed by atoms with Gasteiger partial charge in [-0.2, -0.15) is 13.2 Å². The van der Waals surface area contributed by atoms with E-state index in [0.717, 1.165) is 33.1 Å². The van der Waals surface area contributed by atoms with Crippen molar-refractivity contribution in [2.24, 2.45) is 5.73 Å². The maximum Gasteiger partial charge on any atom is 0.423 e. The van der Waals surface area contributed by atoms with E-state index in [2.05, 4.69) is 15.3 Å². The van der Waals surface area contributed by atoms with Gasteiger partial charge < -0.3 is 10.8 Å². The van der Waals surface area contributed by atoms with Crippen LogP contribution in [0.3, 0.4) is 0 Å². The zero-order valence-corrected chi connectivity index (χ0v) is 18.5. The fourth-order valence-corrected chi connectivity index (χ4v) is 4.73. The van der Waals surface area contributed by atoms with Crippen molar-refractivity contribution >= 4 is 27.3 Å². The molecule has 0 bridgehead atoms. The first-order valence-corrected chi connectivity index (χ1v) is 10.8. The molecule has 1 aromatic carbocycles. The summed E-state index contributed by atoms with van der Waals surface area (Å²) in [6, 6.07) is 9.17. The molecule has 172 valence electrons. The van der Waals surface area contributed by atoms with Gasteiger partial charge in [0, 0.05) is 33.1 Å². The number of aliphatic hydroxyl groups is 1. The van der Waals surface area contributed by atoms with Gasteiger partial charge in [0.15, 0.2) is 0 Å². The lowest BCUT2D eigenvalue weighted by molar-refractivity contribution is -0.269. The number of alkyl halides is 3. The largest absolute Gasteiger partial charge is 0.423 e. The van der Waals surface area contributed by atoms with E-state index < -0.39 is 29.8 Å². The Balaban J connectivity index is 1.70. The van der Waals surface area contributed by atoms with Crippen molar-refractivity contribution < 1.29 is 23.1 Å². The first kappa shape index (κ1) is 22.9. The Labute approximate surface area is 190 Å². The van der Waals surface area contributed by atoms with Crippen molar-refractivity contribution in [1.29, 1.82) is 0 Å². The molecular weight excluding hydrogens is 455 g/mol. The van der Waals surface area contributed by atoms with Gasteiger partial charge in [-0.05, 0) is 31.0 Å². The summed E-state index contributed by atoms with van der Waals surface area (Å²) in [7, 11) is 0. The lowest BCUT2D eigenvalue weighted by atomic mass is 9.96. The molecule has 7 nitrogen and oxygen atoms in total. The van der Waals surface area contributed by atoms with Crippen LogP contribution >= 0.6 is 11.3 Å². The standard InChI is InChI=1S/C22H20F3N5O2S/c1-3-21(32,22(23,24)25)17-11-30(29-28-17)10-13-5-7-15-16(8-13)33-19(20(26)31)18(15)14-6-4-12(2)27-9-14/h4-9,11,32H,3,10H2,1-2H3,(H2,26,31). The van der Waals surface area contributed by atoms with Crippen LogP contribution in [0, 0.1) is 6.92 Å². The van der Waals surface area contributed by atoms with Crippen LogP contribution in [0.25, 0.3) is 21.2 Å². The van der Waals surface area contributed by atoms with Gasteiger partial charge in [0.1, 0.15) is 10.6 Å². The summed E-state index contributed by atoms with van der Waals surface area (Å²) in [6.45, 7) is 3.23. The van der Waals surface area contributed by atoms with E-state index in [1.165, 1.54) is 22.9 Å². The van der Waals surface area contributed by atoms with Gasteiger partial charge in [-0.15, -0.1) is 16.4 Å². The minimum absolute atomic E-state index is 0.131. The summed E-state index contributed by atoms with van der Waals surface area (Å²) in [5, 5.41) is 18.2. The second-order valence-electron chi connectivity index (χ2n) is 7.70. The van der Waals surface area contributed by atoms with E-state index in [4.69, 9.17) is 5.73 Å². The lowest BCUT2D eigenvalue weighted by Gasteiger charge is -2.26. The highest BCUT2D eigenvalue weighted by molar-refractivity contribution is 7.21. The molecule has 0 fully saturated rings. The monoisotopic (exact) mass is 475 g/mol. The number of aromatic nitrogens is 4. The van der Waals surface area contributed by atoms with Crippen molar-refractivity contribution in [2.45, 2.75) is 38.6 Å². The van der Waals surface area contributed by atoms with Crippen LogP contribution in [-0.2, 0) is 12.1 Å². The van der Waals surface area contributed by atoms with Gasteiger partial charge in [0.2, 0.25) is 5.60 Å². The topological polar surface area (TPSA) is 107 Å². The number of benzene rings is 1. The Kier molecular flexibility index (Phi) is 5.71. The molecule has 11 heteroatoms. The zero-order valence-electron chi connectivity index (χ0n) is 17.7. The molecule has 1 unspecified atom stereocenters. The number of rotatable bonds is 6. The molecule has 4 aromatic rings. The van der Waals surface area contributed by atoms with E-state index in [9.17, 15) is 23.1 Å². The molecule has 3 aromatic heterocycles. The number of hydrogen-bond donors (Lipinski definition) is 2. The van der Waals surface area contributed by atoms with Crippen LogP contribution in [0.5, 0.6) is 0 Å². The van der Waals surface area contributed by atoms with Gasteiger partial charge in [-0.1, -0.05) is 30.3 Å². The number of fused-ring (bicyclic) bond motifs is 1. The third kappa shape index (κ3) is 4.09. The van der Waals surface area contributed by atoms with Crippen molar-refractivity contribution in [2.75, 3.05) is 0 Å². The van der Waals surface area contributed by atoms with Crippen LogP contribution in [0.4, 0.5) is 13.2 Å². The number of primary amides is 1. The summed E-state index contributed by atoms with van der Waals surface area (Å²) in [5.74, 6) is -0.555. The number of hydrogen-bond acceptors (Lipinski definition) is 6. The molecular formula is C22H20F3N5O2S. The predicted octanol–water partition coefficient (Wildman–Crippen LogP) is 4.17. The molecule has 3 heterocycles. The highest BCUT2D eigenvalue weighted by Gasteiger charge is 2.55. The molecule has 0 spiro atoms. The van der Waals surface area contributed by atoms with Gasteiger partial charge >= 0.3 is 6.18 Å². The summed E-state index contributed by atoms with van der Waals surface area (Å²) < 4.78 is 41.9. The summed E-state index contributed by atoms with van der Waals surface area (Å²) in [5.41, 5.74) is 5.03. The Hall–Kier alpha value is -3.31. The van der Waals surface area contributed by atoms with Gasteiger partial charge in [0.05, 0.1) is 12.7 Å². The Morgan fingerprint density at radius 2 is 2.00 bits per heavy atom. The van der Waals surface area contributed by atoms with Gasteiger partial charge in [-0.25, -0.2) is 4.68 Å². The number of carbonyl (C=O) groups excluding carboxylic acids is 1. The number of nitrogens with two attached hydrogens (primary N) is 1. The number of amides is 1. The average Bonchev–Trinajstić information content (AvgIpc) is 3.38. The molecule has 4 rings (SSSR count). The summed E-state index contributed by atoms with van der Waals surface area (Å²) in [6.07, 6.45) is -2.68. The van der Waals surface area contributed by atoms with Crippen LogP contribution in [-0.4, -0.2) is 37.2 Å². The second kappa shape index (κ2) is 8.23. The van der Waals surface area contributed by atoms with Crippen LogP contribution in [0.15, 0.2) is 42.7 Å². The van der Waals surface area contributed by atoms with E-state index in [-0.39, 0.29) is 6.54 Å². The highest BCUT2D eigenvalue weighted by Crippen LogP contribution is 2.41. The Bertz CT molecular complexity index is 1330. The van der Waals surface area contributed by atoms with Gasteiger partial charge in [-0.3, -0.25) is 9.78 Å². The molecule has 33 heavy (non-hydrogen) atoms. The molecule has 0 aliphatic heterocycles. The average molecular weight is 475 g/mol. The maximum absolute atomic E-state index is 13.3. The van der Waals surface area contributed by atoms with E-state index >= 15 is 0 Å². The molecule has 3 N–H and O–H groups in total. The van der Waals surface area contributed by atoms with E-state index in [1.54, 1.807) is 12.3 Å². The molecule has 1 atom stereocenters. The maximum atomic E-state index is 13.3. The zero-order chi connectivity index (χ0) is 24.0. The Morgan fingerprint density at radius 3 is 2.61 bits per heavy atom. The second-order valence-corrected chi connectivity index (χ2v) is 8.75. The summed E-state index contributed by atoms with van der Waals surface area (Å²) in [4.78, 5) is 16.8. The fraction of sp³-hybridized carbons (Fsp3) is 0.273. The molecule has 0 aliphatic rings. The van der Waals surface area contributed by atoms with Crippen molar-refractivity contribution in [3.63, 3.8) is 0 Å². The van der Waals surface area contributed by atoms with Crippen molar-refractivity contribution in [3.05, 3.63) is 64.6 Å². The highest BCUT2D eigenvalue weighted by atomic mass is 32.1. The molecule has 0 aliphatic carbocycles. The predicted molar refractivity (Wildman–Crippen MR) is 118 cm³/mol. The minimum atomic E-state index is -4.87. The molecule has 0 saturated heterocycles. The fourth-order valence-electron chi connectivity index (χ4n) is 3.59. The quantitative estimate of drug-likeness (QED) is 0.435. The molecule has 0 radical (unpaired) electrons. The minimum Gasteiger partial charge on any atom is -0.375 e.